The smallest absolute Gasteiger partial charge is 0.266 e. The Balaban J connectivity index is 3.32. The topological polar surface area (TPSA) is 72.3 Å². The lowest BCUT2D eigenvalue weighted by molar-refractivity contribution is -0.132. The predicted molar refractivity (Wildman–Crippen MR) is 83.1 cm³/mol. The molecule has 1 aromatic rings. The quantitative estimate of drug-likeness (QED) is 0.800. The third kappa shape index (κ3) is 4.96. The molecule has 1 amide bonds. The lowest BCUT2D eigenvalue weighted by Gasteiger charge is -2.23. The molecule has 24 heavy (non-hydrogen) atoms. The largest absolute Gasteiger partial charge is 0.407 e. The molecule has 138 valence electrons. The predicted octanol–water partition coefficient (Wildman–Crippen LogP) is 2.69. The molecular formula is C14H22F3N3O3S. The summed E-state index contributed by atoms with van der Waals surface area (Å²) in [5, 5.41) is 4.00. The number of amides is 1. The molecule has 6 nitrogen and oxygen atoms in total. The van der Waals surface area contributed by atoms with Crippen molar-refractivity contribution in [1.29, 1.82) is 0 Å². The van der Waals surface area contributed by atoms with Gasteiger partial charge in [0.05, 0.1) is 11.3 Å². The molecule has 1 heterocycles. The highest BCUT2D eigenvalue weighted by Crippen LogP contribution is 2.23. The van der Waals surface area contributed by atoms with E-state index in [1.54, 1.807) is 6.92 Å². The molecule has 0 saturated heterocycles. The number of halogens is 3. The van der Waals surface area contributed by atoms with Gasteiger partial charge in [0.2, 0.25) is 10.0 Å². The lowest BCUT2D eigenvalue weighted by Crippen LogP contribution is -2.44. The zero-order valence-electron chi connectivity index (χ0n) is 14.3. The first kappa shape index (κ1) is 20.5. The van der Waals surface area contributed by atoms with Crippen molar-refractivity contribution in [1.82, 2.24) is 14.1 Å². The molecule has 0 unspecified atom stereocenters. The zero-order chi connectivity index (χ0) is 18.9. The number of rotatable bonds is 5. The maximum atomic E-state index is 12.7. The van der Waals surface area contributed by atoms with Crippen molar-refractivity contribution in [3.05, 3.63) is 17.5 Å². The summed E-state index contributed by atoms with van der Waals surface area (Å²) < 4.78 is 63.7. The summed E-state index contributed by atoms with van der Waals surface area (Å²) in [7, 11) is -4.38. The molecule has 0 aliphatic heterocycles. The number of carbonyl (C=O) groups excluding carboxylic acids is 1. The van der Waals surface area contributed by atoms with Crippen molar-refractivity contribution in [2.75, 3.05) is 12.3 Å². The van der Waals surface area contributed by atoms with E-state index in [2.05, 4.69) is 5.10 Å². The second kappa shape index (κ2) is 6.73. The van der Waals surface area contributed by atoms with E-state index in [0.717, 1.165) is 0 Å². The van der Waals surface area contributed by atoms with Crippen molar-refractivity contribution in [3.63, 3.8) is 0 Å². The summed E-state index contributed by atoms with van der Waals surface area (Å²) in [5.74, 6) is -1.82. The minimum Gasteiger partial charge on any atom is -0.266 e. The number of hydrogen-bond donors (Lipinski definition) is 0. The molecule has 0 aliphatic rings. The number of aromatic nitrogens is 2. The van der Waals surface area contributed by atoms with Gasteiger partial charge in [-0.2, -0.15) is 18.3 Å². The van der Waals surface area contributed by atoms with E-state index in [9.17, 15) is 26.4 Å². The van der Waals surface area contributed by atoms with Crippen molar-refractivity contribution < 1.29 is 26.4 Å². The number of sulfonamides is 1. The van der Waals surface area contributed by atoms with Crippen LogP contribution in [0.4, 0.5) is 13.2 Å². The molecule has 0 bridgehead atoms. The number of carbonyl (C=O) groups is 1. The van der Waals surface area contributed by atoms with Crippen molar-refractivity contribution in [2.24, 2.45) is 0 Å². The highest BCUT2D eigenvalue weighted by molar-refractivity contribution is 7.89. The third-order valence-corrected chi connectivity index (χ3v) is 4.98. The lowest BCUT2D eigenvalue weighted by atomic mass is 10.1. The van der Waals surface area contributed by atoms with Gasteiger partial charge in [-0.05, 0) is 40.2 Å². The van der Waals surface area contributed by atoms with Crippen LogP contribution in [0.15, 0.2) is 6.07 Å². The van der Waals surface area contributed by atoms with Crippen molar-refractivity contribution in [2.45, 2.75) is 52.8 Å². The molecule has 0 aromatic carbocycles. The maximum absolute atomic E-state index is 12.7. The molecule has 1 aromatic heterocycles. The summed E-state index contributed by atoms with van der Waals surface area (Å²) in [5.41, 5.74) is -0.281. The minimum atomic E-state index is -4.84. The summed E-state index contributed by atoms with van der Waals surface area (Å²) in [6.45, 7) is 6.71. The van der Waals surface area contributed by atoms with E-state index in [-0.39, 0.29) is 16.4 Å². The van der Waals surface area contributed by atoms with E-state index >= 15 is 0 Å². The van der Waals surface area contributed by atoms with Crippen molar-refractivity contribution in [3.8, 4) is 0 Å². The Hall–Kier alpha value is -1.58. The van der Waals surface area contributed by atoms with Gasteiger partial charge in [-0.15, -0.1) is 0 Å². The first-order valence-corrected chi connectivity index (χ1v) is 8.98. The summed E-state index contributed by atoms with van der Waals surface area (Å²) >= 11 is 0. The van der Waals surface area contributed by atoms with Crippen LogP contribution in [0.2, 0.25) is 0 Å². The van der Waals surface area contributed by atoms with Gasteiger partial charge in [0.15, 0.2) is 5.69 Å². The van der Waals surface area contributed by atoms with Gasteiger partial charge in [0, 0.05) is 5.69 Å². The molecule has 0 radical (unpaired) electrons. The number of nitrogens with zero attached hydrogens (tertiary/aromatic N) is 3. The van der Waals surface area contributed by atoms with E-state index in [4.69, 9.17) is 0 Å². The highest BCUT2D eigenvalue weighted by Gasteiger charge is 2.40. The second-order valence-electron chi connectivity index (χ2n) is 6.50. The Labute approximate surface area is 139 Å². The van der Waals surface area contributed by atoms with Crippen LogP contribution in [0.3, 0.4) is 0 Å². The molecule has 1 rings (SSSR count). The SMILES string of the molecule is CCCS(=O)(=O)N(CC(F)(F)F)C(=O)c1cc(C)n(C(C)(C)C)n1. The fourth-order valence-corrected chi connectivity index (χ4v) is 3.64. The minimum absolute atomic E-state index is 0.0967. The molecule has 0 N–H and O–H groups in total. The van der Waals surface area contributed by atoms with Crippen LogP contribution in [0.1, 0.15) is 50.3 Å². The van der Waals surface area contributed by atoms with Crippen LogP contribution in [-0.4, -0.2) is 46.9 Å². The van der Waals surface area contributed by atoms with Crippen LogP contribution >= 0.6 is 0 Å². The molecular weight excluding hydrogens is 347 g/mol. The molecule has 0 saturated carbocycles. The average Bonchev–Trinajstić information content (AvgIpc) is 2.76. The Kier molecular flexibility index (Phi) is 5.74. The van der Waals surface area contributed by atoms with Gasteiger partial charge < -0.3 is 0 Å². The van der Waals surface area contributed by atoms with Crippen molar-refractivity contribution >= 4 is 15.9 Å². The Bertz CT molecular complexity index is 703. The third-order valence-electron chi connectivity index (χ3n) is 3.09. The molecule has 0 spiro atoms. The highest BCUT2D eigenvalue weighted by atomic mass is 32.2. The molecule has 0 fully saturated rings. The monoisotopic (exact) mass is 369 g/mol. The first-order chi connectivity index (χ1) is 10.7. The standard InChI is InChI=1S/C14H22F3N3O3S/c1-6-7-24(22,23)19(9-14(15,16)17)12(21)11-8-10(2)20(18-11)13(3,4)5/h8H,6-7,9H2,1-5H3. The molecule has 10 heteroatoms. The average molecular weight is 369 g/mol. The Morgan fingerprint density at radius 1 is 1.29 bits per heavy atom. The normalized spacial score (nSPS) is 13.2. The van der Waals surface area contributed by atoms with Gasteiger partial charge >= 0.3 is 6.18 Å². The van der Waals surface area contributed by atoms with Gasteiger partial charge in [-0.25, -0.2) is 12.7 Å². The first-order valence-electron chi connectivity index (χ1n) is 7.37. The van der Waals surface area contributed by atoms with Crippen LogP contribution in [-0.2, 0) is 15.6 Å². The van der Waals surface area contributed by atoms with E-state index < -0.39 is 39.9 Å². The molecule has 0 atom stereocenters. The van der Waals surface area contributed by atoms with Crippen LogP contribution < -0.4 is 0 Å². The van der Waals surface area contributed by atoms with Crippen LogP contribution in [0.5, 0.6) is 0 Å². The number of hydrogen-bond acceptors (Lipinski definition) is 4. The van der Waals surface area contributed by atoms with Gasteiger partial charge in [0.25, 0.3) is 5.91 Å². The summed E-state index contributed by atoms with van der Waals surface area (Å²) in [6.07, 6.45) is -4.74. The maximum Gasteiger partial charge on any atom is 0.407 e. The van der Waals surface area contributed by atoms with Gasteiger partial charge in [-0.1, -0.05) is 6.92 Å². The number of alkyl halides is 3. The van der Waals surface area contributed by atoms with Crippen LogP contribution in [0.25, 0.3) is 0 Å². The Morgan fingerprint density at radius 2 is 1.83 bits per heavy atom. The van der Waals surface area contributed by atoms with Crippen LogP contribution in [0, 0.1) is 6.92 Å². The van der Waals surface area contributed by atoms with E-state index in [0.29, 0.717) is 5.69 Å². The second-order valence-corrected chi connectivity index (χ2v) is 8.51. The van der Waals surface area contributed by atoms with Gasteiger partial charge in [-0.3, -0.25) is 9.48 Å². The summed E-state index contributed by atoms with van der Waals surface area (Å²) in [6, 6.07) is 1.29. The zero-order valence-corrected chi connectivity index (χ0v) is 15.1. The Morgan fingerprint density at radius 3 is 2.21 bits per heavy atom. The molecule has 0 aliphatic carbocycles. The summed E-state index contributed by atoms with van der Waals surface area (Å²) in [4.78, 5) is 12.4. The number of aryl methyl sites for hydroxylation is 1. The fraction of sp³-hybridized carbons (Fsp3) is 0.714. The van der Waals surface area contributed by atoms with Gasteiger partial charge in [0.1, 0.15) is 6.54 Å². The van der Waals surface area contributed by atoms with E-state index in [1.807, 2.05) is 20.8 Å². The van der Waals surface area contributed by atoms with E-state index in [1.165, 1.54) is 17.7 Å². The fourth-order valence-electron chi connectivity index (χ4n) is 2.21.